The molecular formula is C20H23N4O4+. The van der Waals surface area contributed by atoms with Crippen LogP contribution in [0.3, 0.4) is 0 Å². The van der Waals surface area contributed by atoms with Gasteiger partial charge in [0.25, 0.3) is 5.69 Å². The summed E-state index contributed by atoms with van der Waals surface area (Å²) in [5.74, 6) is 1.63. The molecule has 1 N–H and O–H groups in total. The maximum Gasteiger partial charge on any atom is 0.270 e. The number of hydrogen-bond donors (Lipinski definition) is 1. The molecule has 0 spiro atoms. The van der Waals surface area contributed by atoms with Gasteiger partial charge in [-0.2, -0.15) is 5.26 Å². The molecule has 1 aliphatic rings. The molecule has 146 valence electrons. The number of nitriles is 1. The monoisotopic (exact) mass is 383 g/mol. The van der Waals surface area contributed by atoms with E-state index < -0.39 is 4.92 Å². The van der Waals surface area contributed by atoms with Crippen molar-refractivity contribution in [2.75, 3.05) is 51.3 Å². The highest BCUT2D eigenvalue weighted by molar-refractivity contribution is 5.63. The van der Waals surface area contributed by atoms with Crippen LogP contribution in [0.4, 0.5) is 11.4 Å². The summed E-state index contributed by atoms with van der Waals surface area (Å²) in [7, 11) is 1.63. The number of ether oxygens (including phenoxy) is 2. The van der Waals surface area contributed by atoms with Gasteiger partial charge in [0.15, 0.2) is 0 Å². The van der Waals surface area contributed by atoms with E-state index in [1.165, 1.54) is 17.0 Å². The Balaban J connectivity index is 1.49. The molecule has 0 saturated carbocycles. The van der Waals surface area contributed by atoms with Crippen molar-refractivity contribution in [2.45, 2.75) is 0 Å². The van der Waals surface area contributed by atoms with Crippen LogP contribution in [-0.2, 0) is 0 Å². The van der Waals surface area contributed by atoms with Crippen LogP contribution in [0.5, 0.6) is 11.5 Å². The summed E-state index contributed by atoms with van der Waals surface area (Å²) in [5.41, 5.74) is 1.06. The van der Waals surface area contributed by atoms with E-state index in [0.29, 0.717) is 12.2 Å². The van der Waals surface area contributed by atoms with Crippen LogP contribution in [0.1, 0.15) is 5.56 Å². The van der Waals surface area contributed by atoms with Gasteiger partial charge in [0.2, 0.25) is 0 Å². The second-order valence-electron chi connectivity index (χ2n) is 6.58. The Labute approximate surface area is 163 Å². The second kappa shape index (κ2) is 9.06. The molecule has 1 saturated heterocycles. The summed E-state index contributed by atoms with van der Waals surface area (Å²) in [6, 6.07) is 14.1. The van der Waals surface area contributed by atoms with Gasteiger partial charge >= 0.3 is 0 Å². The van der Waals surface area contributed by atoms with Crippen molar-refractivity contribution in [1.82, 2.24) is 0 Å². The summed E-state index contributed by atoms with van der Waals surface area (Å²) >= 11 is 0. The minimum Gasteiger partial charge on any atom is -0.497 e. The average molecular weight is 383 g/mol. The fourth-order valence-electron chi connectivity index (χ4n) is 3.30. The van der Waals surface area contributed by atoms with Gasteiger partial charge in [-0.25, -0.2) is 0 Å². The highest BCUT2D eigenvalue weighted by atomic mass is 16.6. The predicted molar refractivity (Wildman–Crippen MR) is 104 cm³/mol. The molecule has 1 fully saturated rings. The SMILES string of the molecule is COc1ccc(OCC[NH+]2CCN(c3ccc([N+](=O)[O-])cc3C#N)CC2)cc1. The van der Waals surface area contributed by atoms with Crippen LogP contribution < -0.4 is 19.3 Å². The Bertz CT molecular complexity index is 855. The predicted octanol–water partition coefficient (Wildman–Crippen LogP) is 1.26. The number of nitro benzene ring substituents is 1. The minimum absolute atomic E-state index is 0.0553. The largest absolute Gasteiger partial charge is 0.497 e. The number of hydrogen-bond acceptors (Lipinski definition) is 6. The van der Waals surface area contributed by atoms with E-state index in [9.17, 15) is 15.4 Å². The quantitative estimate of drug-likeness (QED) is 0.572. The lowest BCUT2D eigenvalue weighted by molar-refractivity contribution is -0.900. The van der Waals surface area contributed by atoms with Crippen LogP contribution in [0.25, 0.3) is 0 Å². The van der Waals surface area contributed by atoms with E-state index in [1.807, 2.05) is 24.3 Å². The van der Waals surface area contributed by atoms with Crippen LogP contribution in [0.2, 0.25) is 0 Å². The molecule has 0 aromatic heterocycles. The zero-order valence-corrected chi connectivity index (χ0v) is 15.8. The first kappa shape index (κ1) is 19.5. The molecule has 8 nitrogen and oxygen atoms in total. The number of piperazine rings is 1. The fourth-order valence-corrected chi connectivity index (χ4v) is 3.30. The number of rotatable bonds is 7. The molecule has 2 aromatic rings. The molecule has 0 bridgehead atoms. The summed E-state index contributed by atoms with van der Waals surface area (Å²) < 4.78 is 10.9. The first-order valence-electron chi connectivity index (χ1n) is 9.14. The van der Waals surface area contributed by atoms with Crippen molar-refractivity contribution in [1.29, 1.82) is 5.26 Å². The van der Waals surface area contributed by atoms with Crippen LogP contribution in [-0.4, -0.2) is 51.4 Å². The molecule has 3 rings (SSSR count). The van der Waals surface area contributed by atoms with E-state index in [1.54, 1.807) is 13.2 Å². The molecule has 0 unspecified atom stereocenters. The topological polar surface area (TPSA) is 93.1 Å². The molecule has 28 heavy (non-hydrogen) atoms. The standard InChI is InChI=1S/C20H22N4O4/c1-27-18-3-5-19(6-4-18)28-13-12-22-8-10-23(11-9-22)20-7-2-17(24(25)26)14-16(20)15-21/h2-7,14H,8-13H2,1H3/p+1. The van der Waals surface area contributed by atoms with Crippen LogP contribution in [0, 0.1) is 21.4 Å². The van der Waals surface area contributed by atoms with Gasteiger partial charge in [-0.1, -0.05) is 0 Å². The molecule has 8 heteroatoms. The van der Waals surface area contributed by atoms with Crippen molar-refractivity contribution in [2.24, 2.45) is 0 Å². The Hall–Kier alpha value is -3.31. The first-order chi connectivity index (χ1) is 13.6. The number of non-ortho nitro benzene ring substituents is 1. The third-order valence-electron chi connectivity index (χ3n) is 4.91. The molecule has 1 heterocycles. The number of quaternary nitrogens is 1. The van der Waals surface area contributed by atoms with E-state index in [0.717, 1.165) is 49.9 Å². The summed E-state index contributed by atoms with van der Waals surface area (Å²) in [6.07, 6.45) is 0. The highest BCUT2D eigenvalue weighted by Gasteiger charge is 2.23. The number of nitro groups is 1. The van der Waals surface area contributed by atoms with Crippen LogP contribution in [0.15, 0.2) is 42.5 Å². The summed E-state index contributed by atoms with van der Waals surface area (Å²) in [5, 5.41) is 20.2. The van der Waals surface area contributed by atoms with Gasteiger partial charge in [-0.05, 0) is 30.3 Å². The second-order valence-corrected chi connectivity index (χ2v) is 6.58. The maximum atomic E-state index is 10.9. The Morgan fingerprint density at radius 1 is 1.18 bits per heavy atom. The van der Waals surface area contributed by atoms with Crippen molar-refractivity contribution >= 4 is 11.4 Å². The van der Waals surface area contributed by atoms with Crippen molar-refractivity contribution in [3.63, 3.8) is 0 Å². The first-order valence-corrected chi connectivity index (χ1v) is 9.14. The molecule has 0 atom stereocenters. The number of nitrogens with one attached hydrogen (secondary N) is 1. The zero-order valence-electron chi connectivity index (χ0n) is 15.8. The zero-order chi connectivity index (χ0) is 19.9. The van der Waals surface area contributed by atoms with E-state index >= 15 is 0 Å². The number of nitrogens with zero attached hydrogens (tertiary/aromatic N) is 3. The smallest absolute Gasteiger partial charge is 0.270 e. The minimum atomic E-state index is -0.477. The fraction of sp³-hybridized carbons (Fsp3) is 0.350. The Morgan fingerprint density at radius 3 is 2.46 bits per heavy atom. The molecule has 0 radical (unpaired) electrons. The van der Waals surface area contributed by atoms with Gasteiger partial charge < -0.3 is 19.3 Å². The lowest BCUT2D eigenvalue weighted by atomic mass is 10.1. The van der Waals surface area contributed by atoms with Crippen LogP contribution >= 0.6 is 0 Å². The van der Waals surface area contributed by atoms with Gasteiger partial charge in [0.05, 0.1) is 49.5 Å². The number of methoxy groups -OCH3 is 1. The summed E-state index contributed by atoms with van der Waals surface area (Å²) in [4.78, 5) is 14.0. The molecule has 2 aromatic carbocycles. The van der Waals surface area contributed by atoms with E-state index in [2.05, 4.69) is 11.0 Å². The van der Waals surface area contributed by atoms with Crippen molar-refractivity contribution < 1.29 is 19.3 Å². The van der Waals surface area contributed by atoms with Gasteiger partial charge in [-0.15, -0.1) is 0 Å². The van der Waals surface area contributed by atoms with E-state index in [4.69, 9.17) is 9.47 Å². The van der Waals surface area contributed by atoms with E-state index in [-0.39, 0.29) is 5.69 Å². The lowest BCUT2D eigenvalue weighted by Gasteiger charge is -2.34. The third kappa shape index (κ3) is 4.69. The van der Waals surface area contributed by atoms with Crippen molar-refractivity contribution in [3.05, 3.63) is 58.1 Å². The van der Waals surface area contributed by atoms with Gasteiger partial charge in [0, 0.05) is 12.1 Å². The summed E-state index contributed by atoms with van der Waals surface area (Å²) in [6.45, 7) is 4.96. The number of benzene rings is 2. The lowest BCUT2D eigenvalue weighted by Crippen LogP contribution is -3.15. The number of anilines is 1. The Morgan fingerprint density at radius 2 is 1.86 bits per heavy atom. The third-order valence-corrected chi connectivity index (χ3v) is 4.91. The highest BCUT2D eigenvalue weighted by Crippen LogP contribution is 2.25. The Kier molecular flexibility index (Phi) is 6.29. The normalized spacial score (nSPS) is 14.4. The molecule has 0 aliphatic carbocycles. The van der Waals surface area contributed by atoms with Crippen molar-refractivity contribution in [3.8, 4) is 17.6 Å². The molecule has 1 aliphatic heterocycles. The molecular weight excluding hydrogens is 360 g/mol. The average Bonchev–Trinajstić information content (AvgIpc) is 2.74. The van der Waals surface area contributed by atoms with Gasteiger partial charge in [-0.3, -0.25) is 10.1 Å². The maximum absolute atomic E-state index is 10.9. The van der Waals surface area contributed by atoms with Gasteiger partial charge in [0.1, 0.15) is 30.7 Å². The molecule has 0 amide bonds.